The molecule has 0 bridgehead atoms. The molecule has 0 aliphatic rings. The number of hydrogen-bond acceptors (Lipinski definition) is 2. The first-order chi connectivity index (χ1) is 10.3. The molecule has 0 aliphatic carbocycles. The Morgan fingerprint density at radius 3 is 2.86 bits per heavy atom. The van der Waals surface area contributed by atoms with Crippen LogP contribution in [-0.2, 0) is 22.6 Å². The number of hydrogen-bond donors (Lipinski definition) is 1. The average molecular weight is 289 g/mol. The maximum atomic E-state index is 10.6. The van der Waals surface area contributed by atoms with Gasteiger partial charge in [-0.2, -0.15) is 0 Å². The lowest BCUT2D eigenvalue weighted by molar-refractivity contribution is -0.109. The Balaban J connectivity index is 2.41. The van der Waals surface area contributed by atoms with Crippen molar-refractivity contribution in [3.8, 4) is 0 Å². The SMILES string of the molecule is CCCCC(/C=C/CCc1cccc(COC)c1)NC=O. The number of nitrogens with one attached hydrogen (secondary N) is 1. The van der Waals surface area contributed by atoms with Crippen molar-refractivity contribution in [2.24, 2.45) is 0 Å². The molecule has 1 aromatic rings. The van der Waals surface area contributed by atoms with Crippen molar-refractivity contribution in [2.75, 3.05) is 7.11 Å². The van der Waals surface area contributed by atoms with Gasteiger partial charge in [-0.15, -0.1) is 0 Å². The summed E-state index contributed by atoms with van der Waals surface area (Å²) in [7, 11) is 1.71. The molecule has 21 heavy (non-hydrogen) atoms. The van der Waals surface area contributed by atoms with Crippen LogP contribution >= 0.6 is 0 Å². The molecule has 116 valence electrons. The van der Waals surface area contributed by atoms with Gasteiger partial charge in [0.25, 0.3) is 0 Å². The quantitative estimate of drug-likeness (QED) is 0.499. The molecule has 1 amide bonds. The number of methoxy groups -OCH3 is 1. The van der Waals surface area contributed by atoms with Crippen LogP contribution < -0.4 is 5.32 Å². The van der Waals surface area contributed by atoms with Crippen molar-refractivity contribution >= 4 is 6.41 Å². The summed E-state index contributed by atoms with van der Waals surface area (Å²) in [6, 6.07) is 8.66. The van der Waals surface area contributed by atoms with Gasteiger partial charge in [0.1, 0.15) is 0 Å². The Bertz CT molecular complexity index is 429. The van der Waals surface area contributed by atoms with E-state index in [1.165, 1.54) is 11.1 Å². The van der Waals surface area contributed by atoms with Gasteiger partial charge in [0.15, 0.2) is 0 Å². The highest BCUT2D eigenvalue weighted by molar-refractivity contribution is 5.47. The second-order valence-electron chi connectivity index (χ2n) is 5.25. The van der Waals surface area contributed by atoms with Gasteiger partial charge in [-0.25, -0.2) is 0 Å². The molecule has 0 aliphatic heterocycles. The van der Waals surface area contributed by atoms with Crippen LogP contribution in [0.4, 0.5) is 0 Å². The van der Waals surface area contributed by atoms with Crippen molar-refractivity contribution in [1.82, 2.24) is 5.32 Å². The molecule has 3 heteroatoms. The van der Waals surface area contributed by atoms with Gasteiger partial charge in [0, 0.05) is 13.2 Å². The first kappa shape index (κ1) is 17.4. The summed E-state index contributed by atoms with van der Waals surface area (Å²) in [5.41, 5.74) is 2.53. The van der Waals surface area contributed by atoms with E-state index in [9.17, 15) is 4.79 Å². The van der Waals surface area contributed by atoms with E-state index in [0.29, 0.717) is 6.61 Å². The van der Waals surface area contributed by atoms with Crippen molar-refractivity contribution in [3.63, 3.8) is 0 Å². The number of aryl methyl sites for hydroxylation is 1. The first-order valence-corrected chi connectivity index (χ1v) is 7.73. The molecule has 1 aromatic carbocycles. The first-order valence-electron chi connectivity index (χ1n) is 7.73. The number of unbranched alkanes of at least 4 members (excludes halogenated alkanes) is 1. The number of ether oxygens (including phenoxy) is 1. The lowest BCUT2D eigenvalue weighted by Gasteiger charge is -2.10. The Labute approximate surface area is 128 Å². The van der Waals surface area contributed by atoms with Crippen LogP contribution in [0.5, 0.6) is 0 Å². The van der Waals surface area contributed by atoms with Crippen LogP contribution in [0.1, 0.15) is 43.7 Å². The molecule has 0 aromatic heterocycles. The van der Waals surface area contributed by atoms with Crippen LogP contribution in [0.15, 0.2) is 36.4 Å². The zero-order chi connectivity index (χ0) is 15.3. The second kappa shape index (κ2) is 11.1. The van der Waals surface area contributed by atoms with Gasteiger partial charge in [-0.05, 0) is 30.4 Å². The monoisotopic (exact) mass is 289 g/mol. The summed E-state index contributed by atoms with van der Waals surface area (Å²) in [4.78, 5) is 10.6. The maximum Gasteiger partial charge on any atom is 0.207 e. The van der Waals surface area contributed by atoms with Crippen LogP contribution in [0.3, 0.4) is 0 Å². The van der Waals surface area contributed by atoms with Crippen molar-refractivity contribution in [3.05, 3.63) is 47.5 Å². The highest BCUT2D eigenvalue weighted by Gasteiger charge is 2.01. The molecule has 1 rings (SSSR count). The number of amides is 1. The molecule has 0 saturated heterocycles. The third-order valence-electron chi connectivity index (χ3n) is 3.42. The summed E-state index contributed by atoms with van der Waals surface area (Å²) in [6.45, 7) is 2.82. The van der Waals surface area contributed by atoms with Crippen molar-refractivity contribution < 1.29 is 9.53 Å². The van der Waals surface area contributed by atoms with Crippen molar-refractivity contribution in [2.45, 2.75) is 51.7 Å². The average Bonchev–Trinajstić information content (AvgIpc) is 2.50. The van der Waals surface area contributed by atoms with E-state index in [-0.39, 0.29) is 6.04 Å². The topological polar surface area (TPSA) is 38.3 Å². The fourth-order valence-corrected chi connectivity index (χ4v) is 2.30. The smallest absolute Gasteiger partial charge is 0.207 e. The summed E-state index contributed by atoms with van der Waals surface area (Å²) < 4.78 is 5.15. The number of benzene rings is 1. The van der Waals surface area contributed by atoms with Gasteiger partial charge in [-0.1, -0.05) is 56.2 Å². The minimum atomic E-state index is 0.169. The summed E-state index contributed by atoms with van der Waals surface area (Å²) in [6.07, 6.45) is 10.4. The third kappa shape index (κ3) is 7.66. The van der Waals surface area contributed by atoms with E-state index < -0.39 is 0 Å². The molecule has 1 N–H and O–H groups in total. The fraction of sp³-hybridized carbons (Fsp3) is 0.500. The van der Waals surface area contributed by atoms with Crippen LogP contribution in [0, 0.1) is 0 Å². The Hall–Kier alpha value is -1.61. The zero-order valence-corrected chi connectivity index (χ0v) is 13.2. The normalized spacial score (nSPS) is 12.5. The molecule has 1 unspecified atom stereocenters. The predicted molar refractivity (Wildman–Crippen MR) is 87.1 cm³/mol. The lowest BCUT2D eigenvalue weighted by atomic mass is 10.1. The highest BCUT2D eigenvalue weighted by atomic mass is 16.5. The fourth-order valence-electron chi connectivity index (χ4n) is 2.30. The van der Waals surface area contributed by atoms with E-state index in [0.717, 1.165) is 38.5 Å². The van der Waals surface area contributed by atoms with Crippen LogP contribution in [0.2, 0.25) is 0 Å². The lowest BCUT2D eigenvalue weighted by Crippen LogP contribution is -2.25. The minimum absolute atomic E-state index is 0.169. The molecule has 0 saturated carbocycles. The van der Waals surface area contributed by atoms with Gasteiger partial charge >= 0.3 is 0 Å². The molecule has 0 heterocycles. The van der Waals surface area contributed by atoms with E-state index in [1.807, 2.05) is 0 Å². The number of allylic oxidation sites excluding steroid dienone is 1. The molecule has 0 fully saturated rings. The van der Waals surface area contributed by atoms with Gasteiger partial charge < -0.3 is 10.1 Å². The largest absolute Gasteiger partial charge is 0.380 e. The summed E-state index contributed by atoms with van der Waals surface area (Å²) >= 11 is 0. The van der Waals surface area contributed by atoms with Gasteiger partial charge in [0.05, 0.1) is 6.61 Å². The Kier molecular flexibility index (Phi) is 9.21. The highest BCUT2D eigenvalue weighted by Crippen LogP contribution is 2.09. The number of rotatable bonds is 11. The van der Waals surface area contributed by atoms with E-state index in [2.05, 4.69) is 48.7 Å². The van der Waals surface area contributed by atoms with E-state index in [4.69, 9.17) is 4.74 Å². The van der Waals surface area contributed by atoms with Gasteiger partial charge in [-0.3, -0.25) is 4.79 Å². The summed E-state index contributed by atoms with van der Waals surface area (Å²) in [5, 5.41) is 2.86. The maximum absolute atomic E-state index is 10.6. The number of carbonyl (C=O) groups is 1. The van der Waals surface area contributed by atoms with Crippen molar-refractivity contribution in [1.29, 1.82) is 0 Å². The standard InChI is InChI=1S/C18H27NO2/c1-3-4-11-18(19-15-20)12-6-5-8-16-9-7-10-17(13-16)14-21-2/h6-7,9-10,12-13,15,18H,3-5,8,11,14H2,1-2H3,(H,19,20)/b12-6+. The van der Waals surface area contributed by atoms with Gasteiger partial charge in [0.2, 0.25) is 6.41 Å². The predicted octanol–water partition coefficient (Wildman–Crippen LogP) is 3.63. The third-order valence-corrected chi connectivity index (χ3v) is 3.42. The van der Waals surface area contributed by atoms with Crippen LogP contribution in [0.25, 0.3) is 0 Å². The molecule has 1 atom stereocenters. The van der Waals surface area contributed by atoms with Crippen LogP contribution in [-0.4, -0.2) is 19.6 Å². The molecular formula is C18H27NO2. The molecule has 0 radical (unpaired) electrons. The minimum Gasteiger partial charge on any atom is -0.380 e. The van der Waals surface area contributed by atoms with E-state index in [1.54, 1.807) is 7.11 Å². The molecular weight excluding hydrogens is 262 g/mol. The Morgan fingerprint density at radius 2 is 2.14 bits per heavy atom. The Morgan fingerprint density at radius 1 is 1.33 bits per heavy atom. The molecule has 0 spiro atoms. The second-order valence-corrected chi connectivity index (χ2v) is 5.25. The van der Waals surface area contributed by atoms with E-state index >= 15 is 0 Å². The summed E-state index contributed by atoms with van der Waals surface area (Å²) in [5.74, 6) is 0. The molecule has 3 nitrogen and oxygen atoms in total. The zero-order valence-electron chi connectivity index (χ0n) is 13.2. The number of carbonyl (C=O) groups excluding carboxylic acids is 1.